The molecular weight excluding hydrogens is 293 g/mol. The van der Waals surface area contributed by atoms with Gasteiger partial charge in [-0.2, -0.15) is 13.2 Å². The standard InChI is InChI=1S/C10H8F5NO2S/c11-6-1-2-8(7(12)3-6)19-4-9(17)16-18-5-10(13,14)15/h1-3H,4-5H2,(H,16,17). The van der Waals surface area contributed by atoms with E-state index in [1.807, 2.05) is 0 Å². The summed E-state index contributed by atoms with van der Waals surface area (Å²) < 4.78 is 60.7. The average Bonchev–Trinajstić information content (AvgIpc) is 2.26. The number of rotatable bonds is 5. The normalized spacial score (nSPS) is 11.4. The molecule has 1 N–H and O–H groups in total. The number of carbonyl (C=O) groups is 1. The summed E-state index contributed by atoms with van der Waals surface area (Å²) in [6.07, 6.45) is -4.55. The Kier molecular flexibility index (Phi) is 5.55. The van der Waals surface area contributed by atoms with E-state index in [2.05, 4.69) is 4.84 Å². The molecule has 1 aromatic rings. The van der Waals surface area contributed by atoms with Crippen LogP contribution in [0.15, 0.2) is 23.1 Å². The molecule has 0 aliphatic heterocycles. The fourth-order valence-corrected chi connectivity index (χ4v) is 1.67. The molecule has 3 nitrogen and oxygen atoms in total. The highest BCUT2D eigenvalue weighted by Crippen LogP contribution is 2.22. The van der Waals surface area contributed by atoms with Crippen molar-refractivity contribution >= 4 is 17.7 Å². The maximum absolute atomic E-state index is 13.1. The molecule has 0 aliphatic carbocycles. The predicted molar refractivity (Wildman–Crippen MR) is 57.2 cm³/mol. The molecular formula is C10H8F5NO2S. The van der Waals surface area contributed by atoms with Crippen LogP contribution in [0.1, 0.15) is 0 Å². The van der Waals surface area contributed by atoms with Crippen molar-refractivity contribution in [2.45, 2.75) is 11.1 Å². The number of halogens is 5. The quantitative estimate of drug-likeness (QED) is 0.516. The van der Waals surface area contributed by atoms with E-state index in [0.29, 0.717) is 17.8 Å². The third-order valence-electron chi connectivity index (χ3n) is 1.67. The second kappa shape index (κ2) is 6.71. The molecule has 0 unspecified atom stereocenters. The number of nitrogens with one attached hydrogen (secondary N) is 1. The number of thioether (sulfide) groups is 1. The van der Waals surface area contributed by atoms with Crippen LogP contribution in [-0.2, 0) is 9.63 Å². The molecule has 0 aromatic heterocycles. The Hall–Kier alpha value is -1.35. The van der Waals surface area contributed by atoms with Crippen molar-refractivity contribution in [3.8, 4) is 0 Å². The van der Waals surface area contributed by atoms with Gasteiger partial charge in [-0.25, -0.2) is 14.3 Å². The monoisotopic (exact) mass is 301 g/mol. The van der Waals surface area contributed by atoms with Crippen molar-refractivity contribution < 1.29 is 31.6 Å². The van der Waals surface area contributed by atoms with Gasteiger partial charge in [0.15, 0.2) is 6.61 Å². The summed E-state index contributed by atoms with van der Waals surface area (Å²) in [5.74, 6) is -2.84. The topological polar surface area (TPSA) is 38.3 Å². The van der Waals surface area contributed by atoms with Crippen LogP contribution >= 0.6 is 11.8 Å². The Morgan fingerprint density at radius 1 is 1.32 bits per heavy atom. The first-order chi connectivity index (χ1) is 8.78. The molecule has 0 saturated heterocycles. The van der Waals surface area contributed by atoms with Gasteiger partial charge in [0.2, 0.25) is 0 Å². The molecule has 19 heavy (non-hydrogen) atoms. The molecule has 0 atom stereocenters. The van der Waals surface area contributed by atoms with Crippen LogP contribution in [0.3, 0.4) is 0 Å². The molecule has 0 aliphatic rings. The van der Waals surface area contributed by atoms with E-state index in [-0.39, 0.29) is 10.6 Å². The second-order valence-electron chi connectivity index (χ2n) is 3.29. The zero-order valence-corrected chi connectivity index (χ0v) is 10.1. The highest BCUT2D eigenvalue weighted by atomic mass is 32.2. The van der Waals surface area contributed by atoms with Crippen molar-refractivity contribution in [3.05, 3.63) is 29.8 Å². The van der Waals surface area contributed by atoms with Crippen LogP contribution in [-0.4, -0.2) is 24.4 Å². The van der Waals surface area contributed by atoms with Crippen LogP contribution in [0.5, 0.6) is 0 Å². The van der Waals surface area contributed by atoms with E-state index in [9.17, 15) is 26.7 Å². The zero-order chi connectivity index (χ0) is 14.5. The van der Waals surface area contributed by atoms with Crippen LogP contribution < -0.4 is 5.48 Å². The van der Waals surface area contributed by atoms with Gasteiger partial charge in [0, 0.05) is 11.0 Å². The Labute approximate surface area is 109 Å². The summed E-state index contributed by atoms with van der Waals surface area (Å²) in [4.78, 5) is 15.0. The van der Waals surface area contributed by atoms with Gasteiger partial charge in [0.05, 0.1) is 5.75 Å². The SMILES string of the molecule is O=C(CSc1ccc(F)cc1F)NOCC(F)(F)F. The molecule has 9 heteroatoms. The summed E-state index contributed by atoms with van der Waals surface area (Å²) in [5, 5.41) is 0. The molecule has 1 amide bonds. The first-order valence-corrected chi connectivity index (χ1v) is 5.82. The number of hydroxylamine groups is 1. The molecule has 0 saturated carbocycles. The largest absolute Gasteiger partial charge is 0.414 e. The number of hydrogen-bond donors (Lipinski definition) is 1. The van der Waals surface area contributed by atoms with Crippen molar-refractivity contribution in [2.75, 3.05) is 12.4 Å². The third kappa shape index (κ3) is 6.39. The summed E-state index contributed by atoms with van der Waals surface area (Å²) in [5.41, 5.74) is 1.56. The predicted octanol–water partition coefficient (Wildman–Crippen LogP) is 2.67. The highest BCUT2D eigenvalue weighted by Gasteiger charge is 2.28. The van der Waals surface area contributed by atoms with Crippen molar-refractivity contribution in [1.82, 2.24) is 5.48 Å². The third-order valence-corrected chi connectivity index (χ3v) is 2.72. The molecule has 0 fully saturated rings. The van der Waals surface area contributed by atoms with E-state index in [1.54, 1.807) is 5.48 Å². The van der Waals surface area contributed by atoms with Crippen molar-refractivity contribution in [2.24, 2.45) is 0 Å². The molecule has 0 heterocycles. The minimum Gasteiger partial charge on any atom is -0.272 e. The second-order valence-corrected chi connectivity index (χ2v) is 4.31. The van der Waals surface area contributed by atoms with Gasteiger partial charge >= 0.3 is 6.18 Å². The molecule has 0 bridgehead atoms. The van der Waals surface area contributed by atoms with Crippen molar-refractivity contribution in [3.63, 3.8) is 0 Å². The Morgan fingerprint density at radius 2 is 2.00 bits per heavy atom. The van der Waals surface area contributed by atoms with E-state index in [0.717, 1.165) is 12.1 Å². The summed E-state index contributed by atoms with van der Waals surface area (Å²) >= 11 is 0.707. The smallest absolute Gasteiger partial charge is 0.272 e. The van der Waals surface area contributed by atoms with Gasteiger partial charge in [-0.1, -0.05) is 0 Å². The minimum atomic E-state index is -4.55. The maximum atomic E-state index is 13.1. The van der Waals surface area contributed by atoms with Gasteiger partial charge in [-0.15, -0.1) is 11.8 Å². The van der Waals surface area contributed by atoms with Crippen LogP contribution in [0.4, 0.5) is 22.0 Å². The lowest BCUT2D eigenvalue weighted by molar-refractivity contribution is -0.191. The number of amides is 1. The zero-order valence-electron chi connectivity index (χ0n) is 9.26. The van der Waals surface area contributed by atoms with E-state index >= 15 is 0 Å². The Bertz CT molecular complexity index is 452. The van der Waals surface area contributed by atoms with Crippen LogP contribution in [0.25, 0.3) is 0 Å². The fourth-order valence-electron chi connectivity index (χ4n) is 0.963. The van der Waals surface area contributed by atoms with Crippen molar-refractivity contribution in [1.29, 1.82) is 0 Å². The summed E-state index contributed by atoms with van der Waals surface area (Å²) in [7, 11) is 0. The van der Waals surface area contributed by atoms with Gasteiger partial charge in [-0.05, 0) is 12.1 Å². The van der Waals surface area contributed by atoms with Gasteiger partial charge in [0.1, 0.15) is 11.6 Å². The molecule has 106 valence electrons. The van der Waals surface area contributed by atoms with Gasteiger partial charge < -0.3 is 0 Å². The number of alkyl halides is 3. The number of benzene rings is 1. The van der Waals surface area contributed by atoms with Gasteiger partial charge in [-0.3, -0.25) is 9.63 Å². The summed E-state index contributed by atoms with van der Waals surface area (Å²) in [6.45, 7) is -1.62. The lowest BCUT2D eigenvalue weighted by atomic mass is 10.3. The van der Waals surface area contributed by atoms with E-state index in [1.165, 1.54) is 0 Å². The van der Waals surface area contributed by atoms with Crippen LogP contribution in [0.2, 0.25) is 0 Å². The first-order valence-electron chi connectivity index (χ1n) is 4.83. The fraction of sp³-hybridized carbons (Fsp3) is 0.300. The number of hydrogen-bond acceptors (Lipinski definition) is 3. The molecule has 0 radical (unpaired) electrons. The van der Waals surface area contributed by atoms with E-state index in [4.69, 9.17) is 0 Å². The van der Waals surface area contributed by atoms with Gasteiger partial charge in [0.25, 0.3) is 5.91 Å². The number of carbonyl (C=O) groups excluding carboxylic acids is 1. The molecule has 1 aromatic carbocycles. The minimum absolute atomic E-state index is 0.00683. The molecule has 0 spiro atoms. The average molecular weight is 301 g/mol. The van der Waals surface area contributed by atoms with Crippen LogP contribution in [0, 0.1) is 11.6 Å². The maximum Gasteiger partial charge on any atom is 0.414 e. The Balaban J connectivity index is 2.34. The molecule has 1 rings (SSSR count). The Morgan fingerprint density at radius 3 is 2.58 bits per heavy atom. The highest BCUT2D eigenvalue weighted by molar-refractivity contribution is 8.00. The van der Waals surface area contributed by atoms with E-state index < -0.39 is 30.3 Å². The lowest BCUT2D eigenvalue weighted by Gasteiger charge is -2.08. The lowest BCUT2D eigenvalue weighted by Crippen LogP contribution is -2.30. The summed E-state index contributed by atoms with van der Waals surface area (Å²) in [6, 6.07) is 2.77. The first kappa shape index (κ1) is 15.7.